The smallest absolute Gasteiger partial charge is 0.246 e. The molecule has 0 aromatic heterocycles. The Labute approximate surface area is 113 Å². The molecular formula is C15H18ClNO. The molecule has 96 valence electrons. The highest BCUT2D eigenvalue weighted by Crippen LogP contribution is 2.19. The number of piperidine rings is 1. The summed E-state index contributed by atoms with van der Waals surface area (Å²) in [5.74, 6) is 0.0853. The fourth-order valence-corrected chi connectivity index (χ4v) is 2.49. The molecular weight excluding hydrogens is 246 g/mol. The van der Waals surface area contributed by atoms with Crippen molar-refractivity contribution in [1.29, 1.82) is 0 Å². The third-order valence-electron chi connectivity index (χ3n) is 3.40. The second-order valence-corrected chi connectivity index (χ2v) is 5.14. The van der Waals surface area contributed by atoms with E-state index in [1.54, 1.807) is 12.2 Å². The minimum absolute atomic E-state index is 0.0853. The van der Waals surface area contributed by atoms with Gasteiger partial charge in [-0.3, -0.25) is 4.79 Å². The lowest BCUT2D eigenvalue weighted by Gasteiger charge is -2.32. The van der Waals surface area contributed by atoms with Crippen LogP contribution in [0.15, 0.2) is 30.3 Å². The topological polar surface area (TPSA) is 20.3 Å². The van der Waals surface area contributed by atoms with Crippen molar-refractivity contribution in [3.05, 3.63) is 40.9 Å². The third kappa shape index (κ3) is 3.14. The Morgan fingerprint density at radius 3 is 2.89 bits per heavy atom. The number of carbonyl (C=O) groups excluding carboxylic acids is 1. The Bertz CT molecular complexity index is 456. The molecule has 2 nitrogen and oxygen atoms in total. The van der Waals surface area contributed by atoms with Crippen molar-refractivity contribution in [2.75, 3.05) is 6.54 Å². The molecule has 1 atom stereocenters. The normalized spacial score (nSPS) is 20.3. The van der Waals surface area contributed by atoms with Gasteiger partial charge in [-0.15, -0.1) is 0 Å². The van der Waals surface area contributed by atoms with Gasteiger partial charge in [0.15, 0.2) is 0 Å². The van der Waals surface area contributed by atoms with Crippen LogP contribution in [0.3, 0.4) is 0 Å². The molecule has 1 saturated heterocycles. The van der Waals surface area contributed by atoms with E-state index in [1.165, 1.54) is 6.42 Å². The number of carbonyl (C=O) groups is 1. The van der Waals surface area contributed by atoms with E-state index in [1.807, 2.05) is 29.2 Å². The molecule has 1 aliphatic rings. The minimum Gasteiger partial charge on any atom is -0.336 e. The maximum Gasteiger partial charge on any atom is 0.246 e. The first kappa shape index (κ1) is 13.2. The van der Waals surface area contributed by atoms with Gasteiger partial charge in [0.2, 0.25) is 5.91 Å². The summed E-state index contributed by atoms with van der Waals surface area (Å²) >= 11 is 6.05. The number of nitrogens with zero attached hydrogens (tertiary/aromatic N) is 1. The van der Waals surface area contributed by atoms with E-state index in [2.05, 4.69) is 6.92 Å². The Morgan fingerprint density at radius 1 is 1.39 bits per heavy atom. The van der Waals surface area contributed by atoms with E-state index < -0.39 is 0 Å². The molecule has 0 spiro atoms. The Morgan fingerprint density at radius 2 is 2.17 bits per heavy atom. The SMILES string of the molecule is CC1CCCCN1C(=O)/C=C/c1ccccc1Cl. The predicted octanol–water partition coefficient (Wildman–Crippen LogP) is 3.75. The zero-order valence-corrected chi connectivity index (χ0v) is 11.4. The number of hydrogen-bond acceptors (Lipinski definition) is 1. The predicted molar refractivity (Wildman–Crippen MR) is 75.5 cm³/mol. The van der Waals surface area contributed by atoms with E-state index in [0.717, 1.165) is 24.9 Å². The van der Waals surface area contributed by atoms with E-state index in [9.17, 15) is 4.79 Å². The number of amides is 1. The van der Waals surface area contributed by atoms with Gasteiger partial charge in [0.1, 0.15) is 0 Å². The fraction of sp³-hybridized carbons (Fsp3) is 0.400. The fourth-order valence-electron chi connectivity index (χ4n) is 2.29. The van der Waals surface area contributed by atoms with Gasteiger partial charge in [0.05, 0.1) is 0 Å². The van der Waals surface area contributed by atoms with Crippen LogP contribution in [0, 0.1) is 0 Å². The summed E-state index contributed by atoms with van der Waals surface area (Å²) in [5.41, 5.74) is 0.886. The molecule has 1 unspecified atom stereocenters. The first-order valence-electron chi connectivity index (χ1n) is 6.41. The zero-order chi connectivity index (χ0) is 13.0. The Kier molecular flexibility index (Phi) is 4.43. The largest absolute Gasteiger partial charge is 0.336 e. The van der Waals surface area contributed by atoms with Crippen LogP contribution in [0.5, 0.6) is 0 Å². The van der Waals surface area contributed by atoms with Crippen LogP contribution < -0.4 is 0 Å². The van der Waals surface area contributed by atoms with Crippen molar-refractivity contribution in [3.63, 3.8) is 0 Å². The summed E-state index contributed by atoms with van der Waals surface area (Å²) in [6, 6.07) is 7.89. The lowest BCUT2D eigenvalue weighted by atomic mass is 10.0. The molecule has 3 heteroatoms. The first-order chi connectivity index (χ1) is 8.68. The summed E-state index contributed by atoms with van der Waals surface area (Å²) in [6.45, 7) is 2.98. The first-order valence-corrected chi connectivity index (χ1v) is 6.79. The standard InChI is InChI=1S/C15H18ClNO/c1-12-6-4-5-11-17(12)15(18)10-9-13-7-2-3-8-14(13)16/h2-3,7-10,12H,4-6,11H2,1H3/b10-9+. The highest BCUT2D eigenvalue weighted by molar-refractivity contribution is 6.32. The second-order valence-electron chi connectivity index (χ2n) is 4.73. The van der Waals surface area contributed by atoms with Crippen LogP contribution in [0.4, 0.5) is 0 Å². The van der Waals surface area contributed by atoms with Crippen LogP contribution in [0.2, 0.25) is 5.02 Å². The molecule has 1 aromatic carbocycles. The zero-order valence-electron chi connectivity index (χ0n) is 10.6. The molecule has 1 fully saturated rings. The minimum atomic E-state index is 0.0853. The number of likely N-dealkylation sites (tertiary alicyclic amines) is 1. The summed E-state index contributed by atoms with van der Waals surface area (Å²) in [7, 11) is 0. The average molecular weight is 264 g/mol. The highest BCUT2D eigenvalue weighted by atomic mass is 35.5. The molecule has 1 heterocycles. The van der Waals surface area contributed by atoms with Crippen molar-refractivity contribution in [1.82, 2.24) is 4.90 Å². The average Bonchev–Trinajstić information content (AvgIpc) is 2.38. The summed E-state index contributed by atoms with van der Waals surface area (Å²) < 4.78 is 0. The van der Waals surface area contributed by atoms with Gasteiger partial charge in [-0.05, 0) is 43.9 Å². The van der Waals surface area contributed by atoms with Crippen LogP contribution in [0.25, 0.3) is 6.08 Å². The third-order valence-corrected chi connectivity index (χ3v) is 3.74. The van der Waals surface area contributed by atoms with Gasteiger partial charge < -0.3 is 4.90 Å². The molecule has 1 aliphatic heterocycles. The van der Waals surface area contributed by atoms with E-state index in [-0.39, 0.29) is 5.91 Å². The summed E-state index contributed by atoms with van der Waals surface area (Å²) in [6.07, 6.45) is 6.86. The monoisotopic (exact) mass is 263 g/mol. The molecule has 0 saturated carbocycles. The van der Waals surface area contributed by atoms with E-state index in [4.69, 9.17) is 11.6 Å². The van der Waals surface area contributed by atoms with E-state index >= 15 is 0 Å². The van der Waals surface area contributed by atoms with Crippen LogP contribution >= 0.6 is 11.6 Å². The molecule has 18 heavy (non-hydrogen) atoms. The van der Waals surface area contributed by atoms with Crippen molar-refractivity contribution < 1.29 is 4.79 Å². The number of rotatable bonds is 2. The molecule has 0 N–H and O–H groups in total. The molecule has 2 rings (SSSR count). The van der Waals surface area contributed by atoms with Crippen LogP contribution in [-0.4, -0.2) is 23.4 Å². The summed E-state index contributed by atoms with van der Waals surface area (Å²) in [4.78, 5) is 14.0. The summed E-state index contributed by atoms with van der Waals surface area (Å²) in [5, 5.41) is 0.674. The Balaban J connectivity index is 2.05. The molecule has 1 amide bonds. The van der Waals surface area contributed by atoms with Gasteiger partial charge in [-0.25, -0.2) is 0 Å². The van der Waals surface area contributed by atoms with Crippen molar-refractivity contribution in [3.8, 4) is 0 Å². The maximum atomic E-state index is 12.1. The van der Waals surface area contributed by atoms with Crippen molar-refractivity contribution >= 4 is 23.6 Å². The molecule has 0 bridgehead atoms. The van der Waals surface area contributed by atoms with Gasteiger partial charge >= 0.3 is 0 Å². The number of halogens is 1. The number of benzene rings is 1. The van der Waals surface area contributed by atoms with Gasteiger partial charge in [-0.2, -0.15) is 0 Å². The highest BCUT2D eigenvalue weighted by Gasteiger charge is 2.21. The Hall–Kier alpha value is -1.28. The lowest BCUT2D eigenvalue weighted by Crippen LogP contribution is -2.41. The van der Waals surface area contributed by atoms with E-state index in [0.29, 0.717) is 11.1 Å². The van der Waals surface area contributed by atoms with Crippen LogP contribution in [-0.2, 0) is 4.79 Å². The quantitative estimate of drug-likeness (QED) is 0.744. The van der Waals surface area contributed by atoms with Gasteiger partial charge in [0, 0.05) is 23.7 Å². The molecule has 0 aliphatic carbocycles. The van der Waals surface area contributed by atoms with Crippen molar-refractivity contribution in [2.24, 2.45) is 0 Å². The van der Waals surface area contributed by atoms with Crippen LogP contribution in [0.1, 0.15) is 31.7 Å². The molecule has 1 aromatic rings. The number of hydrogen-bond donors (Lipinski definition) is 0. The van der Waals surface area contributed by atoms with Crippen molar-refractivity contribution in [2.45, 2.75) is 32.2 Å². The molecule has 0 radical (unpaired) electrons. The lowest BCUT2D eigenvalue weighted by molar-refractivity contribution is -0.129. The van der Waals surface area contributed by atoms with Gasteiger partial charge in [0.25, 0.3) is 0 Å². The second kappa shape index (κ2) is 6.05. The van der Waals surface area contributed by atoms with Gasteiger partial charge in [-0.1, -0.05) is 29.8 Å². The maximum absolute atomic E-state index is 12.1.